The first-order chi connectivity index (χ1) is 8.61. The van der Waals surface area contributed by atoms with E-state index in [4.69, 9.17) is 11.6 Å². The second kappa shape index (κ2) is 5.18. The molecule has 18 heavy (non-hydrogen) atoms. The number of benzene rings is 1. The van der Waals surface area contributed by atoms with Gasteiger partial charge in [0, 0.05) is 31.4 Å². The second-order valence-electron chi connectivity index (χ2n) is 3.87. The van der Waals surface area contributed by atoms with Gasteiger partial charge in [-0.15, -0.1) is 0 Å². The van der Waals surface area contributed by atoms with E-state index in [1.807, 2.05) is 17.7 Å². The molecule has 0 bridgehead atoms. The van der Waals surface area contributed by atoms with E-state index in [1.165, 1.54) is 6.07 Å². The van der Waals surface area contributed by atoms with Crippen LogP contribution in [0.15, 0.2) is 30.6 Å². The molecule has 1 aromatic heterocycles. The lowest BCUT2D eigenvalue weighted by atomic mass is 10.2. The van der Waals surface area contributed by atoms with Crippen molar-refractivity contribution in [3.63, 3.8) is 0 Å². The van der Waals surface area contributed by atoms with Gasteiger partial charge in [-0.2, -0.15) is 0 Å². The van der Waals surface area contributed by atoms with E-state index in [0.29, 0.717) is 6.54 Å². The number of aryl methyl sites for hydroxylation is 1. The SMILES string of the molecule is CCc1nccn1Cc1ccc(Cl)c([N+](=O)[O-])c1. The van der Waals surface area contributed by atoms with Crippen LogP contribution < -0.4 is 0 Å². The topological polar surface area (TPSA) is 61.0 Å². The molecule has 0 radical (unpaired) electrons. The first kappa shape index (κ1) is 12.6. The Bertz CT molecular complexity index is 580. The fourth-order valence-electron chi connectivity index (χ4n) is 1.79. The van der Waals surface area contributed by atoms with Crippen LogP contribution in [0.25, 0.3) is 0 Å². The van der Waals surface area contributed by atoms with Crippen LogP contribution >= 0.6 is 11.6 Å². The van der Waals surface area contributed by atoms with Gasteiger partial charge in [-0.05, 0) is 11.6 Å². The summed E-state index contributed by atoms with van der Waals surface area (Å²) in [6, 6.07) is 4.84. The molecule has 0 saturated heterocycles. The van der Waals surface area contributed by atoms with Crippen molar-refractivity contribution in [1.82, 2.24) is 9.55 Å². The normalized spacial score (nSPS) is 10.6. The highest BCUT2D eigenvalue weighted by Gasteiger charge is 2.13. The minimum absolute atomic E-state index is 0.0627. The lowest BCUT2D eigenvalue weighted by Gasteiger charge is -2.06. The van der Waals surface area contributed by atoms with E-state index >= 15 is 0 Å². The third-order valence-electron chi connectivity index (χ3n) is 2.68. The van der Waals surface area contributed by atoms with Crippen molar-refractivity contribution < 1.29 is 4.92 Å². The Morgan fingerprint density at radius 2 is 2.28 bits per heavy atom. The van der Waals surface area contributed by atoms with E-state index < -0.39 is 4.92 Å². The van der Waals surface area contributed by atoms with Crippen molar-refractivity contribution in [2.24, 2.45) is 0 Å². The zero-order chi connectivity index (χ0) is 13.1. The van der Waals surface area contributed by atoms with Gasteiger partial charge in [-0.25, -0.2) is 4.98 Å². The highest BCUT2D eigenvalue weighted by molar-refractivity contribution is 6.32. The zero-order valence-electron chi connectivity index (χ0n) is 9.84. The van der Waals surface area contributed by atoms with Gasteiger partial charge in [-0.3, -0.25) is 10.1 Å². The molecular weight excluding hydrogens is 254 g/mol. The van der Waals surface area contributed by atoms with Gasteiger partial charge < -0.3 is 4.57 Å². The highest BCUT2D eigenvalue weighted by Crippen LogP contribution is 2.25. The quantitative estimate of drug-likeness (QED) is 0.630. The number of hydrogen-bond donors (Lipinski definition) is 0. The molecule has 94 valence electrons. The van der Waals surface area contributed by atoms with Gasteiger partial charge in [0.05, 0.1) is 4.92 Å². The average Bonchev–Trinajstić information content (AvgIpc) is 2.78. The van der Waals surface area contributed by atoms with Crippen molar-refractivity contribution in [3.8, 4) is 0 Å². The summed E-state index contributed by atoms with van der Waals surface area (Å²) in [5.41, 5.74) is 0.770. The Morgan fingerprint density at radius 3 is 2.94 bits per heavy atom. The Balaban J connectivity index is 2.30. The second-order valence-corrected chi connectivity index (χ2v) is 4.27. The maximum Gasteiger partial charge on any atom is 0.288 e. The lowest BCUT2D eigenvalue weighted by Crippen LogP contribution is -2.03. The number of imidazole rings is 1. The lowest BCUT2D eigenvalue weighted by molar-refractivity contribution is -0.384. The molecule has 0 aliphatic heterocycles. The van der Waals surface area contributed by atoms with Gasteiger partial charge >= 0.3 is 0 Å². The van der Waals surface area contributed by atoms with E-state index in [0.717, 1.165) is 17.8 Å². The van der Waals surface area contributed by atoms with Crippen LogP contribution in [0, 0.1) is 10.1 Å². The smallest absolute Gasteiger partial charge is 0.288 e. The molecule has 2 rings (SSSR count). The van der Waals surface area contributed by atoms with Crippen molar-refractivity contribution in [2.75, 3.05) is 0 Å². The van der Waals surface area contributed by atoms with Crippen molar-refractivity contribution in [1.29, 1.82) is 0 Å². The monoisotopic (exact) mass is 265 g/mol. The van der Waals surface area contributed by atoms with Crippen LogP contribution in [-0.4, -0.2) is 14.5 Å². The van der Waals surface area contributed by atoms with Crippen LogP contribution in [0.4, 0.5) is 5.69 Å². The largest absolute Gasteiger partial charge is 0.331 e. The van der Waals surface area contributed by atoms with Gasteiger partial charge in [0.25, 0.3) is 5.69 Å². The summed E-state index contributed by atoms with van der Waals surface area (Å²) in [4.78, 5) is 14.5. The molecule has 1 heterocycles. The number of nitro benzene ring substituents is 1. The van der Waals surface area contributed by atoms with Crippen LogP contribution in [0.5, 0.6) is 0 Å². The maximum absolute atomic E-state index is 10.8. The predicted molar refractivity (Wildman–Crippen MR) is 68.8 cm³/mol. The summed E-state index contributed by atoms with van der Waals surface area (Å²) >= 11 is 5.77. The third-order valence-corrected chi connectivity index (χ3v) is 3.00. The van der Waals surface area contributed by atoms with Gasteiger partial charge in [0.2, 0.25) is 0 Å². The van der Waals surface area contributed by atoms with E-state index in [1.54, 1.807) is 18.3 Å². The molecule has 0 N–H and O–H groups in total. The number of nitro groups is 1. The molecule has 0 aliphatic rings. The number of aromatic nitrogens is 2. The number of halogens is 1. The van der Waals surface area contributed by atoms with Crippen molar-refractivity contribution >= 4 is 17.3 Å². The molecule has 0 unspecified atom stereocenters. The van der Waals surface area contributed by atoms with Crippen molar-refractivity contribution in [2.45, 2.75) is 19.9 Å². The van der Waals surface area contributed by atoms with Gasteiger partial charge in [-0.1, -0.05) is 24.6 Å². The fraction of sp³-hybridized carbons (Fsp3) is 0.250. The molecule has 0 spiro atoms. The first-order valence-electron chi connectivity index (χ1n) is 5.54. The predicted octanol–water partition coefficient (Wildman–Crippen LogP) is 3.06. The maximum atomic E-state index is 10.8. The van der Waals surface area contributed by atoms with Gasteiger partial charge in [0.15, 0.2) is 0 Å². The number of hydrogen-bond acceptors (Lipinski definition) is 3. The first-order valence-corrected chi connectivity index (χ1v) is 5.92. The molecule has 0 amide bonds. The molecule has 0 saturated carbocycles. The standard InChI is InChI=1S/C12H12ClN3O2/c1-2-12-14-5-6-15(12)8-9-3-4-10(13)11(7-9)16(17)18/h3-7H,2,8H2,1H3. The Kier molecular flexibility index (Phi) is 3.62. The zero-order valence-corrected chi connectivity index (χ0v) is 10.6. The summed E-state index contributed by atoms with van der Waals surface area (Å²) in [6.07, 6.45) is 4.41. The Labute approximate surface area is 109 Å². The minimum atomic E-state index is -0.472. The van der Waals surface area contributed by atoms with Crippen LogP contribution in [-0.2, 0) is 13.0 Å². The highest BCUT2D eigenvalue weighted by atomic mass is 35.5. The summed E-state index contributed by atoms with van der Waals surface area (Å²) in [6.45, 7) is 2.57. The average molecular weight is 266 g/mol. The molecule has 0 aliphatic carbocycles. The van der Waals surface area contributed by atoms with E-state index in [9.17, 15) is 10.1 Å². The van der Waals surface area contributed by atoms with Crippen molar-refractivity contribution in [3.05, 3.63) is 57.1 Å². The molecule has 0 fully saturated rings. The summed E-state index contributed by atoms with van der Waals surface area (Å²) in [5, 5.41) is 11.0. The Hall–Kier alpha value is -1.88. The molecule has 6 heteroatoms. The molecule has 0 atom stereocenters. The summed E-state index contributed by atoms with van der Waals surface area (Å²) < 4.78 is 1.97. The Morgan fingerprint density at radius 1 is 1.50 bits per heavy atom. The van der Waals surface area contributed by atoms with E-state index in [2.05, 4.69) is 4.98 Å². The minimum Gasteiger partial charge on any atom is -0.331 e. The third kappa shape index (κ3) is 2.51. The van der Waals surface area contributed by atoms with Crippen LogP contribution in [0.1, 0.15) is 18.3 Å². The molecule has 1 aromatic carbocycles. The summed E-state index contributed by atoms with van der Waals surface area (Å²) in [5.74, 6) is 0.951. The number of rotatable bonds is 4. The van der Waals surface area contributed by atoms with Crippen LogP contribution in [0.2, 0.25) is 5.02 Å². The molecule has 5 nitrogen and oxygen atoms in total. The van der Waals surface area contributed by atoms with Crippen LogP contribution in [0.3, 0.4) is 0 Å². The fourth-order valence-corrected chi connectivity index (χ4v) is 1.98. The molecular formula is C12H12ClN3O2. The van der Waals surface area contributed by atoms with Gasteiger partial charge in [0.1, 0.15) is 10.8 Å². The summed E-state index contributed by atoms with van der Waals surface area (Å²) in [7, 11) is 0. The molecule has 2 aromatic rings. The van der Waals surface area contributed by atoms with E-state index in [-0.39, 0.29) is 10.7 Å². The number of nitrogens with zero attached hydrogens (tertiary/aromatic N) is 3.